The van der Waals surface area contributed by atoms with Gasteiger partial charge in [-0.05, 0) is 11.6 Å². The second-order valence-corrected chi connectivity index (χ2v) is 4.67. The molecule has 1 saturated carbocycles. The number of hydrogen-bond acceptors (Lipinski definition) is 2. The Bertz CT molecular complexity index is 474. The standard InChI is InChI=1S/C11H8Cl2O3/c12-8-3-1-2-7(9(8)13)11(10(15)16)4-6(14)5-11/h1-3H,4-5H2,(H,15,16). The molecule has 1 aliphatic carbocycles. The SMILES string of the molecule is O=C1CC(C(=O)O)(c2cccc(Cl)c2Cl)C1. The van der Waals surface area contributed by atoms with Crippen LogP contribution in [0.3, 0.4) is 0 Å². The first-order chi connectivity index (χ1) is 7.47. The van der Waals surface area contributed by atoms with Gasteiger partial charge in [0.05, 0.1) is 10.0 Å². The minimum atomic E-state index is -1.18. The normalized spacial score (nSPS) is 18.0. The number of carboxylic acid groups (broad SMARTS) is 1. The average molecular weight is 259 g/mol. The van der Waals surface area contributed by atoms with Crippen molar-refractivity contribution >= 4 is 35.0 Å². The van der Waals surface area contributed by atoms with E-state index in [0.717, 1.165) is 0 Å². The van der Waals surface area contributed by atoms with Crippen LogP contribution >= 0.6 is 23.2 Å². The summed E-state index contributed by atoms with van der Waals surface area (Å²) in [6, 6.07) is 4.83. The van der Waals surface area contributed by atoms with E-state index in [1.54, 1.807) is 18.2 Å². The Morgan fingerprint density at radius 3 is 2.44 bits per heavy atom. The van der Waals surface area contributed by atoms with E-state index in [9.17, 15) is 14.7 Å². The first-order valence-electron chi connectivity index (χ1n) is 4.67. The zero-order chi connectivity index (χ0) is 11.9. The fourth-order valence-corrected chi connectivity index (χ4v) is 2.43. The zero-order valence-electron chi connectivity index (χ0n) is 8.17. The number of benzene rings is 1. The molecule has 5 heteroatoms. The third kappa shape index (κ3) is 1.51. The molecule has 0 unspecified atom stereocenters. The van der Waals surface area contributed by atoms with Gasteiger partial charge in [-0.15, -0.1) is 0 Å². The van der Waals surface area contributed by atoms with Gasteiger partial charge in [0.15, 0.2) is 0 Å². The van der Waals surface area contributed by atoms with Gasteiger partial charge in [-0.1, -0.05) is 35.3 Å². The van der Waals surface area contributed by atoms with Crippen molar-refractivity contribution in [3.05, 3.63) is 33.8 Å². The lowest BCUT2D eigenvalue weighted by Crippen LogP contribution is -2.48. The molecule has 84 valence electrons. The molecule has 0 atom stereocenters. The predicted molar refractivity (Wildman–Crippen MR) is 60.0 cm³/mol. The van der Waals surface area contributed by atoms with E-state index < -0.39 is 11.4 Å². The van der Waals surface area contributed by atoms with Crippen LogP contribution in [0, 0.1) is 0 Å². The molecule has 1 aliphatic rings. The van der Waals surface area contributed by atoms with Crippen LogP contribution in [-0.4, -0.2) is 16.9 Å². The van der Waals surface area contributed by atoms with E-state index in [0.29, 0.717) is 10.6 Å². The highest BCUT2D eigenvalue weighted by molar-refractivity contribution is 6.42. The fraction of sp³-hybridized carbons (Fsp3) is 0.273. The lowest BCUT2D eigenvalue weighted by molar-refractivity contribution is -0.153. The molecule has 2 rings (SSSR count). The molecule has 1 aromatic rings. The molecule has 0 aliphatic heterocycles. The van der Waals surface area contributed by atoms with Crippen LogP contribution in [0.4, 0.5) is 0 Å². The third-order valence-electron chi connectivity index (χ3n) is 2.87. The Morgan fingerprint density at radius 2 is 1.94 bits per heavy atom. The Kier molecular flexibility index (Phi) is 2.68. The summed E-state index contributed by atoms with van der Waals surface area (Å²) in [5, 5.41) is 9.74. The van der Waals surface area contributed by atoms with Gasteiger partial charge in [0.1, 0.15) is 11.2 Å². The number of ketones is 1. The molecule has 3 nitrogen and oxygen atoms in total. The van der Waals surface area contributed by atoms with Gasteiger partial charge in [-0.2, -0.15) is 0 Å². The average Bonchev–Trinajstić information content (AvgIpc) is 2.17. The molecule has 0 radical (unpaired) electrons. The van der Waals surface area contributed by atoms with Crippen molar-refractivity contribution in [3.63, 3.8) is 0 Å². The largest absolute Gasteiger partial charge is 0.481 e. The molecule has 1 aromatic carbocycles. The highest BCUT2D eigenvalue weighted by Gasteiger charge is 2.52. The number of carbonyl (C=O) groups excluding carboxylic acids is 1. The summed E-state index contributed by atoms with van der Waals surface area (Å²) < 4.78 is 0. The molecule has 1 N–H and O–H groups in total. The molecule has 1 fully saturated rings. The minimum absolute atomic E-state index is 0.0115. The fourth-order valence-electron chi connectivity index (χ4n) is 1.95. The second-order valence-electron chi connectivity index (χ2n) is 3.88. The summed E-state index contributed by atoms with van der Waals surface area (Å²) in [5.74, 6) is -1.10. The van der Waals surface area contributed by atoms with Crippen molar-refractivity contribution in [1.29, 1.82) is 0 Å². The predicted octanol–water partition coefficient (Wildman–Crippen LogP) is 2.68. The number of carbonyl (C=O) groups is 2. The van der Waals surface area contributed by atoms with E-state index in [2.05, 4.69) is 0 Å². The maximum atomic E-state index is 11.3. The van der Waals surface area contributed by atoms with Gasteiger partial charge in [-0.25, -0.2) is 0 Å². The van der Waals surface area contributed by atoms with E-state index in [1.807, 2.05) is 0 Å². The lowest BCUT2D eigenvalue weighted by atomic mass is 9.63. The van der Waals surface area contributed by atoms with Crippen LogP contribution in [0.15, 0.2) is 18.2 Å². The van der Waals surface area contributed by atoms with E-state index in [4.69, 9.17) is 23.2 Å². The Morgan fingerprint density at radius 1 is 1.31 bits per heavy atom. The summed E-state index contributed by atoms with van der Waals surface area (Å²) in [7, 11) is 0. The number of carboxylic acids is 1. The summed E-state index contributed by atoms with van der Waals surface area (Å²) in [6.07, 6.45) is -0.0230. The molecular weight excluding hydrogens is 251 g/mol. The smallest absolute Gasteiger partial charge is 0.315 e. The Labute approximate surface area is 102 Å². The minimum Gasteiger partial charge on any atom is -0.481 e. The molecule has 0 bridgehead atoms. The number of rotatable bonds is 2. The van der Waals surface area contributed by atoms with Gasteiger partial charge in [0, 0.05) is 12.8 Å². The van der Waals surface area contributed by atoms with Crippen molar-refractivity contribution in [2.75, 3.05) is 0 Å². The van der Waals surface area contributed by atoms with Gasteiger partial charge in [-0.3, -0.25) is 9.59 Å². The maximum Gasteiger partial charge on any atom is 0.315 e. The van der Waals surface area contributed by atoms with E-state index >= 15 is 0 Å². The molecule has 0 aromatic heterocycles. The summed E-state index contributed by atoms with van der Waals surface area (Å²) in [6.45, 7) is 0. The van der Waals surface area contributed by atoms with Crippen molar-refractivity contribution in [2.45, 2.75) is 18.3 Å². The second kappa shape index (κ2) is 3.75. The molecule has 0 saturated heterocycles. The molecule has 16 heavy (non-hydrogen) atoms. The Balaban J connectivity index is 2.53. The number of hydrogen-bond donors (Lipinski definition) is 1. The molecule has 0 amide bonds. The van der Waals surface area contributed by atoms with Gasteiger partial charge in [0.2, 0.25) is 0 Å². The maximum absolute atomic E-state index is 11.3. The van der Waals surface area contributed by atoms with Crippen LogP contribution < -0.4 is 0 Å². The van der Waals surface area contributed by atoms with Crippen LogP contribution in [0.1, 0.15) is 18.4 Å². The van der Waals surface area contributed by atoms with Gasteiger partial charge in [0.25, 0.3) is 0 Å². The summed E-state index contributed by atoms with van der Waals surface area (Å²) in [4.78, 5) is 22.3. The van der Waals surface area contributed by atoms with Crippen molar-refractivity contribution in [1.82, 2.24) is 0 Å². The van der Waals surface area contributed by atoms with Gasteiger partial charge >= 0.3 is 5.97 Å². The molecule has 0 heterocycles. The topological polar surface area (TPSA) is 54.4 Å². The number of aliphatic carboxylic acids is 1. The first-order valence-corrected chi connectivity index (χ1v) is 5.42. The third-order valence-corrected chi connectivity index (χ3v) is 3.69. The number of Topliss-reactive ketones (excluding diaryl/α,β-unsaturated/α-hetero) is 1. The quantitative estimate of drug-likeness (QED) is 0.888. The number of halogens is 2. The monoisotopic (exact) mass is 258 g/mol. The van der Waals surface area contributed by atoms with Crippen molar-refractivity contribution in [3.8, 4) is 0 Å². The van der Waals surface area contributed by atoms with E-state index in [-0.39, 0.29) is 23.6 Å². The summed E-state index contributed by atoms with van der Waals surface area (Å²) >= 11 is 11.8. The summed E-state index contributed by atoms with van der Waals surface area (Å²) in [5.41, 5.74) is -0.757. The highest BCUT2D eigenvalue weighted by atomic mass is 35.5. The van der Waals surface area contributed by atoms with Crippen LogP contribution in [0.2, 0.25) is 10.0 Å². The van der Waals surface area contributed by atoms with Crippen molar-refractivity contribution < 1.29 is 14.7 Å². The van der Waals surface area contributed by atoms with Crippen molar-refractivity contribution in [2.24, 2.45) is 0 Å². The first kappa shape index (κ1) is 11.4. The van der Waals surface area contributed by atoms with Crippen LogP contribution in [0.25, 0.3) is 0 Å². The Hall–Kier alpha value is -1.06. The zero-order valence-corrected chi connectivity index (χ0v) is 9.68. The van der Waals surface area contributed by atoms with Crippen LogP contribution in [0.5, 0.6) is 0 Å². The molecular formula is C11H8Cl2O3. The molecule has 0 spiro atoms. The van der Waals surface area contributed by atoms with E-state index in [1.165, 1.54) is 0 Å². The highest BCUT2D eigenvalue weighted by Crippen LogP contribution is 2.45. The lowest BCUT2D eigenvalue weighted by Gasteiger charge is -2.37. The van der Waals surface area contributed by atoms with Crippen LogP contribution in [-0.2, 0) is 15.0 Å². The van der Waals surface area contributed by atoms with Gasteiger partial charge < -0.3 is 5.11 Å².